The minimum Gasteiger partial charge on any atom is -0.368 e. The average molecular weight is 156 g/mol. The molecule has 4 heteroatoms. The Morgan fingerprint density at radius 3 is 2.82 bits per heavy atom. The first-order chi connectivity index (χ1) is 5.47. The van der Waals surface area contributed by atoms with E-state index in [-0.39, 0.29) is 0 Å². The van der Waals surface area contributed by atoms with Crippen molar-refractivity contribution in [3.05, 3.63) is 12.0 Å². The van der Waals surface area contributed by atoms with Crippen LogP contribution < -0.4 is 5.32 Å². The summed E-state index contributed by atoms with van der Waals surface area (Å²) in [4.78, 5) is 11.7. The fourth-order valence-corrected chi connectivity index (χ4v) is 1.34. The third-order valence-corrected chi connectivity index (χ3v) is 1.98. The van der Waals surface area contributed by atoms with Crippen molar-refractivity contribution >= 4 is 0 Å². The summed E-state index contributed by atoms with van der Waals surface area (Å²) in [6, 6.07) is 0. The Kier molecular flexibility index (Phi) is 1.96. The zero-order valence-corrected chi connectivity index (χ0v) is 6.38. The largest absolute Gasteiger partial charge is 0.368 e. The smallest absolute Gasteiger partial charge is 0.151 e. The highest BCUT2D eigenvalue weighted by Crippen LogP contribution is 2.11. The second-order valence-corrected chi connectivity index (χ2v) is 2.70. The number of rotatable bonds is 1. The van der Waals surface area contributed by atoms with Crippen molar-refractivity contribution in [1.82, 2.24) is 10.2 Å². The van der Waals surface area contributed by atoms with Crippen molar-refractivity contribution in [2.75, 3.05) is 32.8 Å². The monoisotopic (exact) mass is 156 g/mol. The number of nitrogens with one attached hydrogen (secondary N) is 1. The van der Waals surface area contributed by atoms with Gasteiger partial charge < -0.3 is 15.1 Å². The van der Waals surface area contributed by atoms with Gasteiger partial charge in [-0.3, -0.25) is 0 Å². The van der Waals surface area contributed by atoms with Crippen molar-refractivity contribution in [1.29, 1.82) is 0 Å². The molecule has 0 spiro atoms. The molecule has 0 saturated carbocycles. The van der Waals surface area contributed by atoms with Gasteiger partial charge in [0.15, 0.2) is 6.26 Å². The molecule has 2 rings (SSSR count). The van der Waals surface area contributed by atoms with Crippen LogP contribution in [-0.2, 0) is 9.78 Å². The molecule has 62 valence electrons. The highest BCUT2D eigenvalue weighted by Gasteiger charge is 2.16. The lowest BCUT2D eigenvalue weighted by Crippen LogP contribution is -2.43. The minimum absolute atomic E-state index is 0.597. The van der Waals surface area contributed by atoms with Crippen LogP contribution in [0.25, 0.3) is 0 Å². The van der Waals surface area contributed by atoms with Gasteiger partial charge in [-0.25, -0.2) is 0 Å². The third-order valence-electron chi connectivity index (χ3n) is 1.98. The van der Waals surface area contributed by atoms with Crippen molar-refractivity contribution in [3.8, 4) is 0 Å². The van der Waals surface area contributed by atoms with E-state index in [0.29, 0.717) is 6.61 Å². The summed E-state index contributed by atoms with van der Waals surface area (Å²) in [6.07, 6.45) is 1.69. The molecule has 2 aliphatic heterocycles. The number of hydrogen-bond donors (Lipinski definition) is 1. The van der Waals surface area contributed by atoms with Gasteiger partial charge in [0, 0.05) is 26.2 Å². The van der Waals surface area contributed by atoms with E-state index in [2.05, 4.69) is 15.1 Å². The average Bonchev–Trinajstić information content (AvgIpc) is 2.58. The third kappa shape index (κ3) is 1.46. The van der Waals surface area contributed by atoms with E-state index in [9.17, 15) is 0 Å². The lowest BCUT2D eigenvalue weighted by molar-refractivity contribution is -0.222. The van der Waals surface area contributed by atoms with Gasteiger partial charge in [0.2, 0.25) is 0 Å². The molecule has 0 atom stereocenters. The van der Waals surface area contributed by atoms with Crippen LogP contribution in [0.15, 0.2) is 12.0 Å². The summed E-state index contributed by atoms with van der Waals surface area (Å²) in [6.45, 7) is 4.81. The van der Waals surface area contributed by atoms with E-state index in [1.807, 2.05) is 0 Å². The highest BCUT2D eigenvalue weighted by molar-refractivity contribution is 5.00. The van der Waals surface area contributed by atoms with E-state index in [1.54, 1.807) is 6.26 Å². The predicted octanol–water partition coefficient (Wildman–Crippen LogP) is -0.305. The molecule has 0 bridgehead atoms. The molecular weight excluding hydrogens is 144 g/mol. The van der Waals surface area contributed by atoms with Gasteiger partial charge in [-0.05, 0) is 0 Å². The van der Waals surface area contributed by atoms with Crippen molar-refractivity contribution in [2.24, 2.45) is 0 Å². The molecule has 1 N–H and O–H groups in total. The van der Waals surface area contributed by atoms with Crippen LogP contribution in [0.4, 0.5) is 0 Å². The normalized spacial score (nSPS) is 24.7. The molecule has 0 amide bonds. The van der Waals surface area contributed by atoms with Crippen LogP contribution in [0.5, 0.6) is 0 Å². The van der Waals surface area contributed by atoms with Crippen molar-refractivity contribution in [2.45, 2.75) is 0 Å². The molecule has 0 aromatic rings. The van der Waals surface area contributed by atoms with Gasteiger partial charge in [-0.1, -0.05) is 0 Å². The molecular formula is C7H12N2O2. The van der Waals surface area contributed by atoms with Crippen LogP contribution in [0.1, 0.15) is 0 Å². The van der Waals surface area contributed by atoms with Crippen LogP contribution >= 0.6 is 0 Å². The minimum atomic E-state index is 0.597. The first-order valence-corrected chi connectivity index (χ1v) is 3.90. The lowest BCUT2D eigenvalue weighted by atomic mass is 10.3. The lowest BCUT2D eigenvalue weighted by Gasteiger charge is -2.28. The molecule has 0 aromatic carbocycles. The molecule has 1 fully saturated rings. The predicted molar refractivity (Wildman–Crippen MR) is 39.6 cm³/mol. The molecule has 0 aliphatic carbocycles. The molecule has 2 aliphatic rings. The summed E-state index contributed by atoms with van der Waals surface area (Å²) < 4.78 is 0. The maximum atomic E-state index is 4.76. The zero-order valence-electron chi connectivity index (χ0n) is 6.38. The van der Waals surface area contributed by atoms with Gasteiger partial charge in [0.1, 0.15) is 6.61 Å². The van der Waals surface area contributed by atoms with E-state index in [4.69, 9.17) is 4.89 Å². The Balaban J connectivity index is 1.92. The molecule has 0 aromatic heterocycles. The van der Waals surface area contributed by atoms with Crippen LogP contribution in [-0.4, -0.2) is 37.7 Å². The summed E-state index contributed by atoms with van der Waals surface area (Å²) in [5.41, 5.74) is 1.16. The fraction of sp³-hybridized carbons (Fsp3) is 0.714. The van der Waals surface area contributed by atoms with E-state index < -0.39 is 0 Å². The molecule has 11 heavy (non-hydrogen) atoms. The van der Waals surface area contributed by atoms with Crippen molar-refractivity contribution in [3.63, 3.8) is 0 Å². The Hall–Kier alpha value is -0.740. The second kappa shape index (κ2) is 3.11. The number of nitrogens with zero attached hydrogens (tertiary/aromatic N) is 1. The Morgan fingerprint density at radius 1 is 1.36 bits per heavy atom. The van der Waals surface area contributed by atoms with E-state index in [0.717, 1.165) is 31.9 Å². The molecule has 4 nitrogen and oxygen atoms in total. The summed E-state index contributed by atoms with van der Waals surface area (Å²) >= 11 is 0. The van der Waals surface area contributed by atoms with Crippen LogP contribution in [0.3, 0.4) is 0 Å². The maximum Gasteiger partial charge on any atom is 0.151 e. The second-order valence-electron chi connectivity index (χ2n) is 2.70. The fourth-order valence-electron chi connectivity index (χ4n) is 1.34. The van der Waals surface area contributed by atoms with E-state index in [1.165, 1.54) is 0 Å². The standard InChI is InChI=1S/C7H12N2O2/c1-3-9(4-2-8-1)7-5-10-11-6-7/h5,8H,1-4,6H2. The van der Waals surface area contributed by atoms with Crippen LogP contribution in [0.2, 0.25) is 0 Å². The van der Waals surface area contributed by atoms with Crippen molar-refractivity contribution < 1.29 is 9.78 Å². The molecule has 0 unspecified atom stereocenters. The molecule has 1 saturated heterocycles. The summed E-state index contributed by atoms with van der Waals surface area (Å²) in [5, 5.41) is 3.29. The van der Waals surface area contributed by atoms with Gasteiger partial charge in [0.25, 0.3) is 0 Å². The molecule has 0 radical (unpaired) electrons. The number of piperazine rings is 1. The summed E-state index contributed by atoms with van der Waals surface area (Å²) in [7, 11) is 0. The highest BCUT2D eigenvalue weighted by atomic mass is 17.2. The van der Waals surface area contributed by atoms with Gasteiger partial charge in [-0.2, -0.15) is 4.89 Å². The van der Waals surface area contributed by atoms with Gasteiger partial charge in [0.05, 0.1) is 5.70 Å². The zero-order chi connectivity index (χ0) is 7.52. The van der Waals surface area contributed by atoms with Crippen LogP contribution in [0, 0.1) is 0 Å². The Bertz CT molecular complexity index is 164. The summed E-state index contributed by atoms with van der Waals surface area (Å²) in [5.74, 6) is 0. The number of hydrogen-bond acceptors (Lipinski definition) is 4. The SMILES string of the molecule is C1=C(N2CCNCC2)COO1. The Labute approximate surface area is 65.7 Å². The van der Waals surface area contributed by atoms with E-state index >= 15 is 0 Å². The maximum absolute atomic E-state index is 4.76. The van der Waals surface area contributed by atoms with Gasteiger partial charge in [-0.15, -0.1) is 0 Å². The Morgan fingerprint density at radius 2 is 2.18 bits per heavy atom. The topological polar surface area (TPSA) is 33.7 Å². The first-order valence-electron chi connectivity index (χ1n) is 3.90. The molecule has 2 heterocycles. The first kappa shape index (κ1) is 6.94. The van der Waals surface area contributed by atoms with Gasteiger partial charge >= 0.3 is 0 Å². The quantitative estimate of drug-likeness (QED) is 0.528.